The molecule has 1 aliphatic heterocycles. The van der Waals surface area contributed by atoms with E-state index in [1.807, 2.05) is 11.2 Å². The van der Waals surface area contributed by atoms with Crippen LogP contribution in [0.25, 0.3) is 0 Å². The van der Waals surface area contributed by atoms with Crippen LogP contribution in [0, 0.1) is 4.91 Å². The number of esters is 1. The molecular formula is C18H22N4O4. The van der Waals surface area contributed by atoms with Gasteiger partial charge in [0.25, 0.3) is 5.91 Å². The third-order valence-corrected chi connectivity index (χ3v) is 3.76. The molecule has 0 aromatic heterocycles. The molecular weight excluding hydrogens is 336 g/mol. The van der Waals surface area contributed by atoms with E-state index in [-0.39, 0.29) is 18.2 Å². The molecule has 0 aliphatic carbocycles. The standard InChI is InChI=1S/C18H22N4O4/c1-4-7-22-10-16(12(2)20-22)9-19-18(24)14-5-6-15(11-26-13(3)23)17(8-14)21-25/h5-6,8,10,20H,2,4,7,9,11H2,1,3H3,(H,19,24). The molecule has 0 unspecified atom stereocenters. The maximum Gasteiger partial charge on any atom is 0.302 e. The van der Waals surface area contributed by atoms with Crippen LogP contribution in [-0.2, 0) is 16.1 Å². The van der Waals surface area contributed by atoms with Crippen molar-refractivity contribution in [3.8, 4) is 0 Å². The zero-order valence-electron chi connectivity index (χ0n) is 14.9. The lowest BCUT2D eigenvalue weighted by atomic mass is 10.1. The second-order valence-electron chi connectivity index (χ2n) is 5.84. The second-order valence-corrected chi connectivity index (χ2v) is 5.84. The number of nitrogens with one attached hydrogen (secondary N) is 2. The summed E-state index contributed by atoms with van der Waals surface area (Å²) in [6, 6.07) is 4.48. The molecule has 1 aliphatic rings. The first-order valence-electron chi connectivity index (χ1n) is 8.25. The van der Waals surface area contributed by atoms with Crippen LogP contribution in [0.1, 0.15) is 36.2 Å². The van der Waals surface area contributed by atoms with Crippen molar-refractivity contribution in [1.82, 2.24) is 15.8 Å². The second kappa shape index (κ2) is 8.80. The molecule has 0 saturated heterocycles. The number of amides is 1. The molecule has 0 bridgehead atoms. The largest absolute Gasteiger partial charge is 0.461 e. The summed E-state index contributed by atoms with van der Waals surface area (Å²) in [4.78, 5) is 34.2. The monoisotopic (exact) mass is 358 g/mol. The Kier molecular flexibility index (Phi) is 6.48. The molecule has 1 aromatic carbocycles. The van der Waals surface area contributed by atoms with Gasteiger partial charge in [-0.3, -0.25) is 20.0 Å². The van der Waals surface area contributed by atoms with E-state index in [1.165, 1.54) is 13.0 Å². The van der Waals surface area contributed by atoms with E-state index >= 15 is 0 Å². The van der Waals surface area contributed by atoms with Crippen LogP contribution in [0.4, 0.5) is 5.69 Å². The normalized spacial score (nSPS) is 13.1. The van der Waals surface area contributed by atoms with E-state index in [0.717, 1.165) is 24.2 Å². The predicted molar refractivity (Wildman–Crippen MR) is 97.1 cm³/mol. The van der Waals surface area contributed by atoms with Crippen LogP contribution in [0.15, 0.2) is 47.4 Å². The molecule has 0 spiro atoms. The lowest BCUT2D eigenvalue weighted by molar-refractivity contribution is -0.142. The lowest BCUT2D eigenvalue weighted by Crippen LogP contribution is -2.28. The summed E-state index contributed by atoms with van der Waals surface area (Å²) >= 11 is 0. The minimum Gasteiger partial charge on any atom is -0.461 e. The molecule has 2 N–H and O–H groups in total. The van der Waals surface area contributed by atoms with Crippen molar-refractivity contribution in [3.05, 3.63) is 58.3 Å². The number of carbonyl (C=O) groups excluding carboxylic acids is 2. The lowest BCUT2D eigenvalue weighted by Gasteiger charge is -2.15. The number of nitroso groups, excluding NO2 is 1. The molecule has 26 heavy (non-hydrogen) atoms. The number of hydrogen-bond acceptors (Lipinski definition) is 7. The summed E-state index contributed by atoms with van der Waals surface area (Å²) in [6.45, 7) is 8.36. The van der Waals surface area contributed by atoms with Gasteiger partial charge in [0.05, 0.1) is 5.70 Å². The Hall–Kier alpha value is -3.16. The number of ether oxygens (including phenoxy) is 1. The Morgan fingerprint density at radius 2 is 2.15 bits per heavy atom. The molecule has 2 rings (SSSR count). The highest BCUT2D eigenvalue weighted by molar-refractivity contribution is 5.95. The summed E-state index contributed by atoms with van der Waals surface area (Å²) in [5.41, 5.74) is 5.55. The Morgan fingerprint density at radius 1 is 1.38 bits per heavy atom. The summed E-state index contributed by atoms with van der Waals surface area (Å²) in [5.74, 6) is -0.795. The maximum absolute atomic E-state index is 12.3. The van der Waals surface area contributed by atoms with Gasteiger partial charge in [-0.25, -0.2) is 0 Å². The van der Waals surface area contributed by atoms with Crippen LogP contribution >= 0.6 is 0 Å². The van der Waals surface area contributed by atoms with Gasteiger partial charge in [0.2, 0.25) is 0 Å². The van der Waals surface area contributed by atoms with Gasteiger partial charge in [-0.05, 0) is 23.7 Å². The Balaban J connectivity index is 2.01. The first-order chi connectivity index (χ1) is 12.4. The van der Waals surface area contributed by atoms with E-state index in [1.54, 1.807) is 12.1 Å². The number of carbonyl (C=O) groups is 2. The SMILES string of the molecule is C=C1NN(CCC)C=C1CNC(=O)c1ccc(COC(C)=O)c(N=O)c1. The van der Waals surface area contributed by atoms with Crippen molar-refractivity contribution in [3.63, 3.8) is 0 Å². The van der Waals surface area contributed by atoms with Crippen molar-refractivity contribution in [2.24, 2.45) is 5.18 Å². The molecule has 0 radical (unpaired) electrons. The van der Waals surface area contributed by atoms with Gasteiger partial charge in [-0.15, -0.1) is 4.91 Å². The first-order valence-corrected chi connectivity index (χ1v) is 8.25. The smallest absolute Gasteiger partial charge is 0.302 e. The number of nitrogens with zero attached hydrogens (tertiary/aromatic N) is 2. The highest BCUT2D eigenvalue weighted by Crippen LogP contribution is 2.22. The van der Waals surface area contributed by atoms with Crippen molar-refractivity contribution in [2.75, 3.05) is 13.1 Å². The summed E-state index contributed by atoms with van der Waals surface area (Å²) < 4.78 is 4.86. The van der Waals surface area contributed by atoms with Crippen molar-refractivity contribution < 1.29 is 14.3 Å². The van der Waals surface area contributed by atoms with Gasteiger partial charge in [0.15, 0.2) is 0 Å². The first kappa shape index (κ1) is 19.2. The van der Waals surface area contributed by atoms with Gasteiger partial charge >= 0.3 is 5.97 Å². The fraction of sp³-hybridized carbons (Fsp3) is 0.333. The minimum absolute atomic E-state index is 0.0655. The van der Waals surface area contributed by atoms with Gasteiger partial charge in [-0.2, -0.15) is 0 Å². The minimum atomic E-state index is -0.459. The average Bonchev–Trinajstić information content (AvgIpc) is 2.97. The van der Waals surface area contributed by atoms with E-state index < -0.39 is 5.97 Å². The fourth-order valence-corrected chi connectivity index (χ4v) is 2.43. The van der Waals surface area contributed by atoms with Crippen LogP contribution in [0.5, 0.6) is 0 Å². The van der Waals surface area contributed by atoms with Crippen molar-refractivity contribution >= 4 is 17.6 Å². The number of hydrogen-bond donors (Lipinski definition) is 2. The molecule has 8 nitrogen and oxygen atoms in total. The predicted octanol–water partition coefficient (Wildman–Crippen LogP) is 2.51. The highest BCUT2D eigenvalue weighted by atomic mass is 16.5. The third-order valence-electron chi connectivity index (χ3n) is 3.76. The highest BCUT2D eigenvalue weighted by Gasteiger charge is 2.17. The third kappa shape index (κ3) is 4.92. The zero-order chi connectivity index (χ0) is 19.1. The Bertz CT molecular complexity index is 758. The maximum atomic E-state index is 12.3. The van der Waals surface area contributed by atoms with Gasteiger partial charge in [0, 0.05) is 42.9 Å². The molecule has 1 amide bonds. The fourth-order valence-electron chi connectivity index (χ4n) is 2.43. The number of rotatable bonds is 8. The van der Waals surface area contributed by atoms with Crippen LogP contribution in [0.2, 0.25) is 0 Å². The van der Waals surface area contributed by atoms with Gasteiger partial charge in [0.1, 0.15) is 12.3 Å². The van der Waals surface area contributed by atoms with Crippen LogP contribution < -0.4 is 10.7 Å². The molecule has 138 valence electrons. The van der Waals surface area contributed by atoms with Crippen LogP contribution in [-0.4, -0.2) is 30.0 Å². The van der Waals surface area contributed by atoms with E-state index in [2.05, 4.69) is 29.4 Å². The van der Waals surface area contributed by atoms with E-state index in [9.17, 15) is 14.5 Å². The molecule has 1 aromatic rings. The van der Waals surface area contributed by atoms with Crippen molar-refractivity contribution in [2.45, 2.75) is 26.9 Å². The molecule has 1 heterocycles. The van der Waals surface area contributed by atoms with Crippen LogP contribution in [0.3, 0.4) is 0 Å². The van der Waals surface area contributed by atoms with E-state index in [0.29, 0.717) is 17.7 Å². The quantitative estimate of drug-likeness (QED) is 0.547. The van der Waals surface area contributed by atoms with Gasteiger partial charge < -0.3 is 10.1 Å². The number of hydrazine groups is 1. The summed E-state index contributed by atoms with van der Waals surface area (Å²) in [7, 11) is 0. The van der Waals surface area contributed by atoms with Gasteiger partial charge in [-0.1, -0.05) is 19.6 Å². The van der Waals surface area contributed by atoms with Crippen molar-refractivity contribution in [1.29, 1.82) is 0 Å². The topological polar surface area (TPSA) is 100 Å². The molecule has 0 saturated carbocycles. The summed E-state index contributed by atoms with van der Waals surface area (Å²) in [6.07, 6.45) is 2.89. The number of benzene rings is 1. The molecule has 0 atom stereocenters. The Labute approximate surface area is 151 Å². The molecule has 8 heteroatoms. The summed E-state index contributed by atoms with van der Waals surface area (Å²) in [5, 5.41) is 7.62. The Morgan fingerprint density at radius 3 is 2.81 bits per heavy atom. The molecule has 0 fully saturated rings. The van der Waals surface area contributed by atoms with E-state index in [4.69, 9.17) is 4.74 Å². The zero-order valence-corrected chi connectivity index (χ0v) is 14.9. The average molecular weight is 358 g/mol.